The molecule has 0 aliphatic carbocycles. The number of carbonyl (C=O) groups excluding carboxylic acids is 1. The summed E-state index contributed by atoms with van der Waals surface area (Å²) in [5, 5.41) is 0. The summed E-state index contributed by atoms with van der Waals surface area (Å²) in [5.74, 6) is -0.112. The zero-order chi connectivity index (χ0) is 21.2. The summed E-state index contributed by atoms with van der Waals surface area (Å²) in [6.07, 6.45) is 9.42. The van der Waals surface area contributed by atoms with Crippen molar-refractivity contribution in [2.75, 3.05) is 7.11 Å². The Morgan fingerprint density at radius 2 is 1.33 bits per heavy atom. The summed E-state index contributed by atoms with van der Waals surface area (Å²) in [7, 11) is 1.44. The van der Waals surface area contributed by atoms with Gasteiger partial charge in [0.2, 0.25) is 0 Å². The first-order chi connectivity index (χ1) is 14.7. The Morgan fingerprint density at radius 1 is 0.767 bits per heavy atom. The molecule has 0 unspecified atom stereocenters. The van der Waals surface area contributed by atoms with Crippen LogP contribution in [-0.2, 0) is 16.1 Å². The van der Waals surface area contributed by atoms with Crippen LogP contribution in [-0.4, -0.2) is 22.2 Å². The standard InChI is InChI=1S/C25H32N2O3/c1-30-24(28)19-11-6-4-2-3-5-7-14-20-26-22-17-12-13-18-23(22)27(25(26)29)21-15-9-8-10-16-21/h8-10,12-13,15-18H,2-7,11,14,19-20H2,1H3. The number of rotatable bonds is 12. The van der Waals surface area contributed by atoms with E-state index in [1.54, 1.807) is 0 Å². The smallest absolute Gasteiger partial charge is 0.333 e. The summed E-state index contributed by atoms with van der Waals surface area (Å²) < 4.78 is 8.38. The van der Waals surface area contributed by atoms with Crippen LogP contribution in [0.4, 0.5) is 0 Å². The molecule has 0 spiro atoms. The molecule has 5 heteroatoms. The first-order valence-corrected chi connectivity index (χ1v) is 11.0. The molecule has 3 aromatic rings. The van der Waals surface area contributed by atoms with Gasteiger partial charge in [0.05, 0.1) is 23.8 Å². The third kappa shape index (κ3) is 5.62. The second kappa shape index (κ2) is 11.4. The molecule has 0 amide bonds. The lowest BCUT2D eigenvalue weighted by Gasteiger charge is -2.04. The van der Waals surface area contributed by atoms with E-state index in [9.17, 15) is 9.59 Å². The fraction of sp³-hybridized carbons (Fsp3) is 0.440. The maximum Gasteiger partial charge on any atom is 0.333 e. The monoisotopic (exact) mass is 408 g/mol. The van der Waals surface area contributed by atoms with Crippen molar-refractivity contribution in [2.24, 2.45) is 0 Å². The van der Waals surface area contributed by atoms with Crippen LogP contribution in [0.1, 0.15) is 57.8 Å². The van der Waals surface area contributed by atoms with Gasteiger partial charge in [-0.3, -0.25) is 13.9 Å². The van der Waals surface area contributed by atoms with Crippen molar-refractivity contribution in [3.63, 3.8) is 0 Å². The summed E-state index contributed by atoms with van der Waals surface area (Å²) in [6, 6.07) is 17.9. The van der Waals surface area contributed by atoms with Crippen LogP contribution in [0.3, 0.4) is 0 Å². The Hall–Kier alpha value is -2.82. The molecule has 0 fully saturated rings. The number of benzene rings is 2. The highest BCUT2D eigenvalue weighted by molar-refractivity contribution is 5.78. The normalized spacial score (nSPS) is 11.1. The Bertz CT molecular complexity index is 989. The van der Waals surface area contributed by atoms with Gasteiger partial charge in [-0.1, -0.05) is 68.9 Å². The van der Waals surface area contributed by atoms with Gasteiger partial charge in [0.25, 0.3) is 0 Å². The Labute approximate surface area is 178 Å². The Morgan fingerprint density at radius 3 is 2.00 bits per heavy atom. The number of fused-ring (bicyclic) bond motifs is 1. The average Bonchev–Trinajstić information content (AvgIpc) is 3.06. The van der Waals surface area contributed by atoms with Crippen LogP contribution in [0.2, 0.25) is 0 Å². The van der Waals surface area contributed by atoms with Crippen LogP contribution in [0.15, 0.2) is 59.4 Å². The lowest BCUT2D eigenvalue weighted by Crippen LogP contribution is -2.23. The molecule has 1 aromatic heterocycles. The minimum absolute atomic E-state index is 0.0352. The predicted octanol–water partition coefficient (Wildman–Crippen LogP) is 5.48. The van der Waals surface area contributed by atoms with Gasteiger partial charge >= 0.3 is 11.7 Å². The van der Waals surface area contributed by atoms with E-state index in [0.717, 1.165) is 48.9 Å². The lowest BCUT2D eigenvalue weighted by atomic mass is 10.1. The molecule has 0 atom stereocenters. The second-order valence-corrected chi connectivity index (χ2v) is 7.75. The lowest BCUT2D eigenvalue weighted by molar-refractivity contribution is -0.140. The van der Waals surface area contributed by atoms with Gasteiger partial charge in [0.1, 0.15) is 0 Å². The van der Waals surface area contributed by atoms with Crippen LogP contribution in [0.25, 0.3) is 16.7 Å². The van der Waals surface area contributed by atoms with Gasteiger partial charge in [-0.25, -0.2) is 4.79 Å². The van der Waals surface area contributed by atoms with Crippen molar-refractivity contribution in [2.45, 2.75) is 64.3 Å². The molecule has 30 heavy (non-hydrogen) atoms. The first-order valence-electron chi connectivity index (χ1n) is 11.0. The molecule has 5 nitrogen and oxygen atoms in total. The number of hydrogen-bond acceptors (Lipinski definition) is 3. The minimum Gasteiger partial charge on any atom is -0.469 e. The summed E-state index contributed by atoms with van der Waals surface area (Å²) in [5.41, 5.74) is 2.90. The van der Waals surface area contributed by atoms with Crippen LogP contribution in [0, 0.1) is 0 Å². The maximum atomic E-state index is 13.1. The van der Waals surface area contributed by atoms with Crippen LogP contribution >= 0.6 is 0 Å². The molecule has 0 saturated heterocycles. The van der Waals surface area contributed by atoms with E-state index < -0.39 is 0 Å². The van der Waals surface area contributed by atoms with Crippen molar-refractivity contribution in [3.8, 4) is 5.69 Å². The van der Waals surface area contributed by atoms with Crippen molar-refractivity contribution >= 4 is 17.0 Å². The van der Waals surface area contributed by atoms with Gasteiger partial charge < -0.3 is 4.74 Å². The topological polar surface area (TPSA) is 53.2 Å². The molecule has 0 radical (unpaired) electrons. The number of ether oxygens (including phenoxy) is 1. The number of aryl methyl sites for hydroxylation is 1. The first kappa shape index (κ1) is 21.9. The average molecular weight is 409 g/mol. The van der Waals surface area contributed by atoms with Gasteiger partial charge in [-0.2, -0.15) is 0 Å². The number of methoxy groups -OCH3 is 1. The van der Waals surface area contributed by atoms with Crippen molar-refractivity contribution < 1.29 is 9.53 Å². The molecular formula is C25H32N2O3. The molecular weight excluding hydrogens is 376 g/mol. The zero-order valence-corrected chi connectivity index (χ0v) is 17.9. The molecule has 0 bridgehead atoms. The highest BCUT2D eigenvalue weighted by Gasteiger charge is 2.13. The number of imidazole rings is 1. The Kier molecular flexibility index (Phi) is 8.30. The summed E-state index contributed by atoms with van der Waals surface area (Å²) >= 11 is 0. The number of aromatic nitrogens is 2. The molecule has 3 rings (SSSR count). The Balaban J connectivity index is 1.48. The van der Waals surface area contributed by atoms with Crippen molar-refractivity contribution in [1.29, 1.82) is 0 Å². The third-order valence-corrected chi connectivity index (χ3v) is 5.59. The van der Waals surface area contributed by atoms with E-state index in [-0.39, 0.29) is 11.7 Å². The fourth-order valence-corrected chi connectivity index (χ4v) is 3.95. The zero-order valence-electron chi connectivity index (χ0n) is 17.9. The fourth-order valence-electron chi connectivity index (χ4n) is 3.95. The molecule has 0 aliphatic heterocycles. The SMILES string of the molecule is COC(=O)CCCCCCCCCCn1c(=O)n(-c2ccccc2)c2ccccc21. The largest absolute Gasteiger partial charge is 0.469 e. The van der Waals surface area contributed by atoms with Gasteiger partial charge in [-0.15, -0.1) is 0 Å². The number of esters is 1. The van der Waals surface area contributed by atoms with E-state index >= 15 is 0 Å². The summed E-state index contributed by atoms with van der Waals surface area (Å²) in [6.45, 7) is 0.748. The molecule has 160 valence electrons. The number of unbranched alkanes of at least 4 members (excludes halogenated alkanes) is 7. The van der Waals surface area contributed by atoms with E-state index in [2.05, 4.69) is 4.74 Å². The molecule has 0 aliphatic rings. The molecule has 1 heterocycles. The number of nitrogens with zero attached hydrogens (tertiary/aromatic N) is 2. The van der Waals surface area contributed by atoms with Crippen LogP contribution in [0.5, 0.6) is 0 Å². The minimum atomic E-state index is -0.112. The highest BCUT2D eigenvalue weighted by Crippen LogP contribution is 2.18. The van der Waals surface area contributed by atoms with E-state index in [1.165, 1.54) is 32.8 Å². The van der Waals surface area contributed by atoms with Crippen LogP contribution < -0.4 is 5.69 Å². The number of hydrogen-bond donors (Lipinski definition) is 0. The molecule has 0 N–H and O–H groups in total. The van der Waals surface area contributed by atoms with Crippen molar-refractivity contribution in [3.05, 3.63) is 65.1 Å². The van der Waals surface area contributed by atoms with Gasteiger partial charge in [0.15, 0.2) is 0 Å². The molecule has 2 aromatic carbocycles. The van der Waals surface area contributed by atoms with Gasteiger partial charge in [-0.05, 0) is 37.1 Å². The third-order valence-electron chi connectivity index (χ3n) is 5.59. The highest BCUT2D eigenvalue weighted by atomic mass is 16.5. The number of carbonyl (C=O) groups is 1. The van der Waals surface area contributed by atoms with E-state index in [1.807, 2.05) is 63.7 Å². The number of para-hydroxylation sites is 3. The van der Waals surface area contributed by atoms with Gasteiger partial charge in [0, 0.05) is 13.0 Å². The predicted molar refractivity (Wildman–Crippen MR) is 121 cm³/mol. The molecule has 0 saturated carbocycles. The maximum absolute atomic E-state index is 13.1. The van der Waals surface area contributed by atoms with E-state index in [0.29, 0.717) is 6.42 Å². The summed E-state index contributed by atoms with van der Waals surface area (Å²) in [4.78, 5) is 24.2. The quantitative estimate of drug-likeness (QED) is 0.295. The van der Waals surface area contributed by atoms with Crippen molar-refractivity contribution in [1.82, 2.24) is 9.13 Å². The van der Waals surface area contributed by atoms with E-state index in [4.69, 9.17) is 0 Å². The second-order valence-electron chi connectivity index (χ2n) is 7.75.